The second-order valence-corrected chi connectivity index (χ2v) is 3.47. The van der Waals surface area contributed by atoms with Gasteiger partial charge in [0.15, 0.2) is 0 Å². The summed E-state index contributed by atoms with van der Waals surface area (Å²) >= 11 is 0. The van der Waals surface area contributed by atoms with Gasteiger partial charge in [-0.25, -0.2) is 0 Å². The van der Waals surface area contributed by atoms with Crippen LogP contribution < -0.4 is 42.8 Å². The fourth-order valence-electron chi connectivity index (χ4n) is 1.30. The fraction of sp³-hybridized carbons (Fsp3) is 0.909. The molecule has 0 saturated carbocycles. The molecule has 0 heterocycles. The average molecular weight is 184 g/mol. The molecule has 74 valence electrons. The molecule has 0 aromatic carbocycles. The quantitative estimate of drug-likeness (QED) is 0.220. The molecule has 0 aromatic rings. The molecule has 0 saturated heterocycles. The Bertz CT molecular complexity index is 89.4. The fourth-order valence-corrected chi connectivity index (χ4v) is 1.30. The summed E-state index contributed by atoms with van der Waals surface area (Å²) in [6.45, 7) is 5.82. The zero-order valence-corrected chi connectivity index (χ0v) is 10.3. The molecule has 14 heavy (non-hydrogen) atoms. The van der Waals surface area contributed by atoms with E-state index in [0.29, 0.717) is 6.42 Å². The van der Waals surface area contributed by atoms with Crippen molar-refractivity contribution in [1.29, 1.82) is 0 Å². The molecule has 0 aliphatic carbocycles. The van der Waals surface area contributed by atoms with Gasteiger partial charge in [0, 0.05) is 0 Å². The summed E-state index contributed by atoms with van der Waals surface area (Å²) in [5.41, 5.74) is 0. The van der Waals surface area contributed by atoms with Gasteiger partial charge in [-0.05, 0) is 0 Å². The Morgan fingerprint density at radius 3 is 2.00 bits per heavy atom. The van der Waals surface area contributed by atoms with E-state index >= 15 is 0 Å². The maximum Gasteiger partial charge on any atom is 1.00 e. The molecule has 0 unspecified atom stereocenters. The van der Waals surface area contributed by atoms with Gasteiger partial charge in [-0.1, -0.05) is 51.9 Å². The Morgan fingerprint density at radius 1 is 1.00 bits per heavy atom. The van der Waals surface area contributed by atoms with Gasteiger partial charge in [0.2, 0.25) is 0 Å². The van der Waals surface area contributed by atoms with Crippen LogP contribution in [0.15, 0.2) is 0 Å². The van der Waals surface area contributed by atoms with Crippen molar-refractivity contribution in [2.45, 2.75) is 64.4 Å². The molecule has 0 rings (SSSR count). The third-order valence-corrected chi connectivity index (χ3v) is 2.20. The van der Waals surface area contributed by atoms with Crippen LogP contribution in [-0.2, 0) is 0 Å². The van der Waals surface area contributed by atoms with Gasteiger partial charge in [-0.15, -0.1) is 0 Å². The molecule has 0 fully saturated rings. The topological polar surface area (TPSA) is 23.1 Å². The van der Waals surface area contributed by atoms with Gasteiger partial charge in [0.25, 0.3) is 0 Å². The van der Waals surface area contributed by atoms with E-state index in [1.54, 1.807) is 0 Å². The summed E-state index contributed by atoms with van der Waals surface area (Å²) < 4.78 is 0. The smallest absolute Gasteiger partial charge is 0.854 e. The van der Waals surface area contributed by atoms with E-state index in [1.807, 2.05) is 0 Å². The Balaban J connectivity index is -0.000000605. The summed E-state index contributed by atoms with van der Waals surface area (Å²) in [5, 5.41) is 10.9. The first kappa shape index (κ1) is 20.6. The molecule has 3 heteroatoms. The molecule has 0 aromatic heterocycles. The second kappa shape index (κ2) is 16.6. The van der Waals surface area contributed by atoms with E-state index < -0.39 is 6.10 Å². The number of hydrogen-bond donors (Lipinski definition) is 0. The molecule has 0 radical (unpaired) electrons. The first-order valence-electron chi connectivity index (χ1n) is 5.26. The van der Waals surface area contributed by atoms with Gasteiger partial charge in [0.1, 0.15) is 0 Å². The molecule has 1 nitrogen and oxygen atoms in total. The van der Waals surface area contributed by atoms with E-state index in [0.717, 1.165) is 12.8 Å². The van der Waals surface area contributed by atoms with Crippen LogP contribution in [0.25, 0.3) is 0 Å². The van der Waals surface area contributed by atoms with Gasteiger partial charge in [0.05, 0.1) is 0 Å². The molecule has 1 atom stereocenters. The Hall–Kier alpha value is 1.15. The number of rotatable bonds is 8. The monoisotopic (exact) mass is 184 g/mol. The van der Waals surface area contributed by atoms with Crippen LogP contribution in [0, 0.1) is 6.92 Å². The minimum atomic E-state index is -0.406. The normalized spacial score (nSPS) is 11.4. The van der Waals surface area contributed by atoms with Crippen molar-refractivity contribution in [2.24, 2.45) is 0 Å². The van der Waals surface area contributed by atoms with Crippen molar-refractivity contribution in [2.75, 3.05) is 0 Å². The Kier molecular flexibility index (Phi) is 24.3. The first-order valence-corrected chi connectivity index (χ1v) is 5.26. The Labute approximate surface area is 114 Å². The Morgan fingerprint density at radius 2 is 1.50 bits per heavy atom. The van der Waals surface area contributed by atoms with Crippen LogP contribution in [0.4, 0.5) is 0 Å². The third kappa shape index (κ3) is 15.6. The molecule has 0 bridgehead atoms. The summed E-state index contributed by atoms with van der Waals surface area (Å²) in [6.07, 6.45) is 8.59. The van der Waals surface area contributed by atoms with E-state index in [2.05, 4.69) is 13.8 Å². The van der Waals surface area contributed by atoms with Crippen LogP contribution in [0.1, 0.15) is 58.3 Å². The molecule has 0 N–H and O–H groups in total. The average Bonchev–Trinajstić information content (AvgIpc) is 2.10. The van der Waals surface area contributed by atoms with Crippen molar-refractivity contribution in [3.05, 3.63) is 6.92 Å². The van der Waals surface area contributed by atoms with Gasteiger partial charge < -0.3 is 12.0 Å². The predicted octanol–water partition coefficient (Wildman–Crippen LogP) is -3.30. The largest absolute Gasteiger partial charge is 1.00 e. The molecule has 0 amide bonds. The maximum atomic E-state index is 10.9. The van der Waals surface area contributed by atoms with E-state index in [4.69, 9.17) is 0 Å². The minimum absolute atomic E-state index is 0. The van der Waals surface area contributed by atoms with E-state index in [1.165, 1.54) is 32.1 Å². The zero-order chi connectivity index (χ0) is 9.23. The molecular weight excluding hydrogens is 162 g/mol. The summed E-state index contributed by atoms with van der Waals surface area (Å²) in [7, 11) is 0. The van der Waals surface area contributed by atoms with E-state index in [9.17, 15) is 5.11 Å². The van der Waals surface area contributed by atoms with Crippen LogP contribution in [0.2, 0.25) is 0 Å². The maximum absolute atomic E-state index is 10.9. The molecule has 0 aliphatic heterocycles. The second-order valence-electron chi connectivity index (χ2n) is 3.47. The van der Waals surface area contributed by atoms with Crippen LogP contribution >= 0.6 is 0 Å². The van der Waals surface area contributed by atoms with Crippen LogP contribution in [-0.4, -0.2) is 6.10 Å². The first-order chi connectivity index (χ1) is 5.81. The van der Waals surface area contributed by atoms with Gasteiger partial charge >= 0.3 is 37.7 Å². The summed E-state index contributed by atoms with van der Waals surface area (Å²) in [5.74, 6) is 0. The minimum Gasteiger partial charge on any atom is -0.854 e. The molecular formula is C11H22Li2O. The van der Waals surface area contributed by atoms with Gasteiger partial charge in [-0.2, -0.15) is 12.5 Å². The summed E-state index contributed by atoms with van der Waals surface area (Å²) in [4.78, 5) is 0. The standard InChI is InChI=1S/C11H22O.2Li/c1-3-5-6-7-8-9-10-11(12)4-2;;/h11H,2-10H2,1H3;;/q-2;2*+1/t11-;;/m1../s1. The van der Waals surface area contributed by atoms with Gasteiger partial charge in [-0.3, -0.25) is 0 Å². The zero-order valence-electron chi connectivity index (χ0n) is 10.3. The number of unbranched alkanes of at least 4 members (excludes halogenated alkanes) is 5. The predicted molar refractivity (Wildman–Crippen MR) is 51.8 cm³/mol. The summed E-state index contributed by atoms with van der Waals surface area (Å²) in [6, 6.07) is 0. The van der Waals surface area contributed by atoms with Crippen molar-refractivity contribution in [3.63, 3.8) is 0 Å². The molecule has 0 spiro atoms. The SMILES string of the molecule is [CH2-]C[C@@H]([O-])CCCCCCCC.[Li+].[Li+]. The number of hydrogen-bond acceptors (Lipinski definition) is 1. The third-order valence-electron chi connectivity index (χ3n) is 2.20. The van der Waals surface area contributed by atoms with Crippen LogP contribution in [0.5, 0.6) is 0 Å². The van der Waals surface area contributed by atoms with Crippen molar-refractivity contribution < 1.29 is 42.8 Å². The van der Waals surface area contributed by atoms with Crippen molar-refractivity contribution in [1.82, 2.24) is 0 Å². The van der Waals surface area contributed by atoms with Crippen molar-refractivity contribution >= 4 is 0 Å². The van der Waals surface area contributed by atoms with E-state index in [-0.39, 0.29) is 37.7 Å². The van der Waals surface area contributed by atoms with Crippen molar-refractivity contribution in [3.8, 4) is 0 Å². The van der Waals surface area contributed by atoms with Crippen LogP contribution in [0.3, 0.4) is 0 Å². The molecule has 0 aliphatic rings.